The molecule has 2 heteroatoms. The number of allylic oxidation sites excluding steroid dienone is 1. The van der Waals surface area contributed by atoms with Crippen molar-refractivity contribution >= 4 is 5.78 Å². The summed E-state index contributed by atoms with van der Waals surface area (Å²) in [6.45, 7) is 18.6. The van der Waals surface area contributed by atoms with Gasteiger partial charge in [0.2, 0.25) is 0 Å². The molecule has 8 atom stereocenters. The first kappa shape index (κ1) is 23.1. The minimum atomic E-state index is -0.207. The van der Waals surface area contributed by atoms with E-state index in [9.17, 15) is 9.90 Å². The third-order valence-corrected chi connectivity index (χ3v) is 12.9. The molecule has 180 valence electrons. The summed E-state index contributed by atoms with van der Waals surface area (Å²) in [7, 11) is 0. The van der Waals surface area contributed by atoms with Crippen LogP contribution < -0.4 is 0 Å². The van der Waals surface area contributed by atoms with Crippen molar-refractivity contribution < 1.29 is 9.90 Å². The number of fused-ring (bicyclic) bond motifs is 2. The fourth-order valence-corrected chi connectivity index (χ4v) is 10.7. The molecular formula is C30H48O2. The molecule has 32 heavy (non-hydrogen) atoms. The Morgan fingerprint density at radius 2 is 1.62 bits per heavy atom. The van der Waals surface area contributed by atoms with Gasteiger partial charge >= 0.3 is 0 Å². The van der Waals surface area contributed by atoms with E-state index in [2.05, 4.69) is 48.1 Å². The van der Waals surface area contributed by atoms with Gasteiger partial charge in [-0.05, 0) is 110 Å². The molecule has 0 bridgehead atoms. The Kier molecular flexibility index (Phi) is 5.03. The Labute approximate surface area is 197 Å². The second-order valence-corrected chi connectivity index (χ2v) is 14.3. The molecule has 0 radical (unpaired) electrons. The van der Waals surface area contributed by atoms with Crippen LogP contribution in [-0.4, -0.2) is 17.0 Å². The smallest absolute Gasteiger partial charge is 0.138 e. The highest BCUT2D eigenvalue weighted by Gasteiger charge is 2.82. The van der Waals surface area contributed by atoms with E-state index in [1.165, 1.54) is 56.9 Å². The molecule has 5 aliphatic rings. The monoisotopic (exact) mass is 440 g/mol. The van der Waals surface area contributed by atoms with Crippen LogP contribution in [-0.2, 0) is 4.79 Å². The van der Waals surface area contributed by atoms with Gasteiger partial charge < -0.3 is 5.11 Å². The Morgan fingerprint density at radius 3 is 2.31 bits per heavy atom. The molecule has 0 saturated heterocycles. The Balaban J connectivity index is 1.39. The third kappa shape index (κ3) is 2.65. The van der Waals surface area contributed by atoms with E-state index < -0.39 is 0 Å². The molecule has 0 heterocycles. The van der Waals surface area contributed by atoms with Crippen molar-refractivity contribution in [3.63, 3.8) is 0 Å². The van der Waals surface area contributed by atoms with Crippen LogP contribution in [0.15, 0.2) is 12.2 Å². The number of carbonyl (C=O) groups excluding carboxylic acids is 1. The van der Waals surface area contributed by atoms with E-state index in [0.29, 0.717) is 45.2 Å². The summed E-state index contributed by atoms with van der Waals surface area (Å²) in [5.74, 6) is 2.91. The third-order valence-electron chi connectivity index (χ3n) is 12.9. The zero-order valence-electron chi connectivity index (χ0n) is 21.7. The average Bonchev–Trinajstić information content (AvgIpc) is 3.31. The number of rotatable bonds is 5. The molecule has 2 nitrogen and oxygen atoms in total. The Morgan fingerprint density at radius 1 is 0.969 bits per heavy atom. The number of hydrogen-bond acceptors (Lipinski definition) is 2. The van der Waals surface area contributed by atoms with Crippen LogP contribution in [0.2, 0.25) is 0 Å². The van der Waals surface area contributed by atoms with E-state index in [-0.39, 0.29) is 11.5 Å². The van der Waals surface area contributed by atoms with Crippen LogP contribution in [0.4, 0.5) is 0 Å². The molecule has 5 rings (SSSR count). The van der Waals surface area contributed by atoms with E-state index in [1.807, 2.05) is 0 Å². The average molecular weight is 441 g/mol. The Bertz CT molecular complexity index is 825. The molecule has 0 aromatic rings. The number of aliphatic hydroxyl groups excluding tert-OH is 1. The summed E-state index contributed by atoms with van der Waals surface area (Å²) in [5, 5.41) is 10.4. The molecule has 5 saturated carbocycles. The summed E-state index contributed by atoms with van der Waals surface area (Å²) in [5.41, 5.74) is 3.03. The summed E-state index contributed by atoms with van der Waals surface area (Å²) in [6, 6.07) is 0. The van der Waals surface area contributed by atoms with Gasteiger partial charge in [-0.2, -0.15) is 0 Å². The van der Waals surface area contributed by atoms with E-state index in [0.717, 1.165) is 25.2 Å². The van der Waals surface area contributed by atoms with Crippen LogP contribution in [0, 0.1) is 50.7 Å². The zero-order valence-corrected chi connectivity index (χ0v) is 21.7. The van der Waals surface area contributed by atoms with Crippen LogP contribution in [0.3, 0.4) is 0 Å². The summed E-state index contributed by atoms with van der Waals surface area (Å²) < 4.78 is 0. The fourth-order valence-electron chi connectivity index (χ4n) is 10.7. The zero-order chi connectivity index (χ0) is 23.3. The lowest BCUT2D eigenvalue weighted by Gasteiger charge is -2.62. The fraction of sp³-hybridized carbons (Fsp3) is 0.900. The first-order chi connectivity index (χ1) is 14.9. The van der Waals surface area contributed by atoms with Gasteiger partial charge in [-0.1, -0.05) is 53.7 Å². The lowest BCUT2D eigenvalue weighted by atomic mass is 9.42. The number of carbonyl (C=O) groups is 1. The standard InChI is InChI=1S/C30H48O2/c1-19(2)22(31)9-8-20(3)21-12-14-28(7)24-11-10-23-26(4,5)25(32)13-15-29(23)18-30(24,29)17-16-27(21,28)6/h19,21-24,31H,3,8-18H2,1-2,4-7H3/t21-,22-,23+,24+,27-,28+,29-,30+/m1/s1. The highest BCUT2D eigenvalue weighted by molar-refractivity contribution is 5.86. The molecule has 0 aromatic carbocycles. The van der Waals surface area contributed by atoms with Crippen molar-refractivity contribution in [2.24, 2.45) is 50.7 Å². The highest BCUT2D eigenvalue weighted by Crippen LogP contribution is 2.88. The largest absolute Gasteiger partial charge is 0.393 e. The van der Waals surface area contributed by atoms with Gasteiger partial charge in [-0.25, -0.2) is 0 Å². The van der Waals surface area contributed by atoms with Gasteiger partial charge in [0.1, 0.15) is 5.78 Å². The van der Waals surface area contributed by atoms with Crippen LogP contribution >= 0.6 is 0 Å². The van der Waals surface area contributed by atoms with Crippen molar-refractivity contribution in [1.82, 2.24) is 0 Å². The molecule has 5 fully saturated rings. The lowest BCUT2D eigenvalue weighted by Crippen LogP contribution is -2.56. The SMILES string of the molecule is C=C(CC[C@@H](O)C(C)C)[C@H]1CC[C@@]2(C)[C@@H]3CC[C@H]4C(C)(C)C(=O)CC[C@@]45C[C@@]35CC[C@]12C. The second kappa shape index (κ2) is 6.96. The number of hydrogen-bond donors (Lipinski definition) is 1. The molecule has 0 aliphatic heterocycles. The van der Waals surface area contributed by atoms with Gasteiger partial charge in [0.15, 0.2) is 0 Å². The molecular weight excluding hydrogens is 392 g/mol. The topological polar surface area (TPSA) is 37.3 Å². The van der Waals surface area contributed by atoms with Crippen molar-refractivity contribution in [2.45, 2.75) is 118 Å². The maximum absolute atomic E-state index is 12.8. The maximum Gasteiger partial charge on any atom is 0.138 e. The van der Waals surface area contributed by atoms with Gasteiger partial charge in [-0.3, -0.25) is 4.79 Å². The Hall–Kier alpha value is -0.630. The van der Waals surface area contributed by atoms with E-state index in [4.69, 9.17) is 0 Å². The molecule has 0 aromatic heterocycles. The van der Waals surface area contributed by atoms with Gasteiger partial charge in [0.05, 0.1) is 6.10 Å². The van der Waals surface area contributed by atoms with Crippen molar-refractivity contribution in [3.8, 4) is 0 Å². The van der Waals surface area contributed by atoms with Gasteiger partial charge in [0, 0.05) is 11.8 Å². The molecule has 0 amide bonds. The van der Waals surface area contributed by atoms with Crippen LogP contribution in [0.25, 0.3) is 0 Å². The summed E-state index contributed by atoms with van der Waals surface area (Å²) >= 11 is 0. The predicted octanol–water partition coefficient (Wildman–Crippen LogP) is 7.35. The summed E-state index contributed by atoms with van der Waals surface area (Å²) in [6.07, 6.45) is 13.0. The predicted molar refractivity (Wildman–Crippen MR) is 131 cm³/mol. The normalized spacial score (nSPS) is 49.6. The molecule has 0 unspecified atom stereocenters. The van der Waals surface area contributed by atoms with E-state index in [1.54, 1.807) is 0 Å². The molecule has 1 N–H and O–H groups in total. The maximum atomic E-state index is 12.8. The minimum Gasteiger partial charge on any atom is -0.393 e. The molecule has 5 aliphatic carbocycles. The quantitative estimate of drug-likeness (QED) is 0.454. The first-order valence-corrected chi connectivity index (χ1v) is 13.7. The lowest BCUT2D eigenvalue weighted by molar-refractivity contribution is -0.154. The van der Waals surface area contributed by atoms with Gasteiger partial charge in [-0.15, -0.1) is 0 Å². The number of aliphatic hydroxyl groups is 1. The number of Topliss-reactive ketones (excluding diaryl/α,β-unsaturated/α-hetero) is 1. The molecule has 2 spiro atoms. The van der Waals surface area contributed by atoms with Crippen molar-refractivity contribution in [2.75, 3.05) is 0 Å². The minimum absolute atomic E-state index is 0.113. The first-order valence-electron chi connectivity index (χ1n) is 13.7. The summed E-state index contributed by atoms with van der Waals surface area (Å²) in [4.78, 5) is 12.8. The second-order valence-electron chi connectivity index (χ2n) is 14.3. The van der Waals surface area contributed by atoms with Crippen LogP contribution in [0.5, 0.6) is 0 Å². The van der Waals surface area contributed by atoms with E-state index >= 15 is 0 Å². The highest BCUT2D eigenvalue weighted by atomic mass is 16.3. The van der Waals surface area contributed by atoms with Crippen molar-refractivity contribution in [3.05, 3.63) is 12.2 Å². The number of ketones is 1. The van der Waals surface area contributed by atoms with Crippen molar-refractivity contribution in [1.29, 1.82) is 0 Å². The van der Waals surface area contributed by atoms with Crippen LogP contribution in [0.1, 0.15) is 112 Å². The van der Waals surface area contributed by atoms with Gasteiger partial charge in [0.25, 0.3) is 0 Å².